The third kappa shape index (κ3) is 3.21. The maximum absolute atomic E-state index is 13.0. The van der Waals surface area contributed by atoms with Gasteiger partial charge in [0.15, 0.2) is 6.10 Å². The summed E-state index contributed by atoms with van der Waals surface area (Å²) in [4.78, 5) is 10.3. The van der Waals surface area contributed by atoms with Crippen LogP contribution in [-0.4, -0.2) is 28.8 Å². The van der Waals surface area contributed by atoms with E-state index in [2.05, 4.69) is 5.32 Å². The second kappa shape index (κ2) is 4.75. The lowest BCUT2D eigenvalue weighted by Crippen LogP contribution is -2.28. The molecule has 0 aromatic heterocycles. The molecule has 0 fully saturated rings. The molecule has 0 bridgehead atoms. The number of carboxylic acid groups (broad SMARTS) is 1. The summed E-state index contributed by atoms with van der Waals surface area (Å²) < 4.78 is 13.0. The number of aliphatic hydroxyl groups excluding tert-OH is 1. The predicted octanol–water partition coefficient (Wildman–Crippen LogP) is 0.992. The van der Waals surface area contributed by atoms with Crippen LogP contribution in [0.1, 0.15) is 5.56 Å². The molecule has 4 nitrogen and oxygen atoms in total. The van der Waals surface area contributed by atoms with Gasteiger partial charge in [-0.3, -0.25) is 0 Å². The normalized spacial score (nSPS) is 12.2. The molecule has 1 atom stereocenters. The second-order valence-corrected chi connectivity index (χ2v) is 3.20. The number of hydrogen-bond acceptors (Lipinski definition) is 3. The molecule has 0 aliphatic heterocycles. The van der Waals surface area contributed by atoms with Crippen molar-refractivity contribution in [3.63, 3.8) is 0 Å². The average molecular weight is 213 g/mol. The number of hydrogen-bond donors (Lipinski definition) is 3. The second-order valence-electron chi connectivity index (χ2n) is 3.20. The maximum Gasteiger partial charge on any atom is 0.334 e. The molecule has 1 aromatic carbocycles. The van der Waals surface area contributed by atoms with Gasteiger partial charge in [0.2, 0.25) is 0 Å². The van der Waals surface area contributed by atoms with Crippen molar-refractivity contribution in [1.82, 2.24) is 0 Å². The molecule has 0 spiro atoms. The van der Waals surface area contributed by atoms with Gasteiger partial charge in [-0.25, -0.2) is 9.18 Å². The van der Waals surface area contributed by atoms with Crippen LogP contribution in [-0.2, 0) is 4.79 Å². The minimum absolute atomic E-state index is 0.155. The molecule has 0 saturated carbocycles. The summed E-state index contributed by atoms with van der Waals surface area (Å²) in [6.07, 6.45) is -1.49. The number of carbonyl (C=O) groups is 1. The fraction of sp³-hybridized carbons (Fsp3) is 0.300. The smallest absolute Gasteiger partial charge is 0.334 e. The quantitative estimate of drug-likeness (QED) is 0.697. The van der Waals surface area contributed by atoms with E-state index in [1.807, 2.05) is 0 Å². The Kier molecular flexibility index (Phi) is 3.62. The molecule has 3 N–H and O–H groups in total. The highest BCUT2D eigenvalue weighted by atomic mass is 19.1. The summed E-state index contributed by atoms with van der Waals surface area (Å²) >= 11 is 0. The molecule has 0 heterocycles. The van der Waals surface area contributed by atoms with Crippen LogP contribution in [0.15, 0.2) is 18.2 Å². The molecular formula is C10H12FNO3. The minimum atomic E-state index is -1.49. The first-order valence-corrected chi connectivity index (χ1v) is 4.41. The first-order valence-electron chi connectivity index (χ1n) is 4.41. The summed E-state index contributed by atoms with van der Waals surface area (Å²) in [5, 5.41) is 20.0. The highest BCUT2D eigenvalue weighted by molar-refractivity contribution is 5.72. The molecule has 1 unspecified atom stereocenters. The number of aliphatic hydroxyl groups is 1. The van der Waals surface area contributed by atoms with Crippen LogP contribution in [0.3, 0.4) is 0 Å². The van der Waals surface area contributed by atoms with Crippen LogP contribution >= 0.6 is 0 Å². The van der Waals surface area contributed by atoms with Gasteiger partial charge < -0.3 is 15.5 Å². The highest BCUT2D eigenvalue weighted by Gasteiger charge is 2.12. The Hall–Kier alpha value is -1.62. The van der Waals surface area contributed by atoms with Crippen molar-refractivity contribution >= 4 is 11.7 Å². The largest absolute Gasteiger partial charge is 0.479 e. The van der Waals surface area contributed by atoms with Crippen LogP contribution in [0.2, 0.25) is 0 Å². The van der Waals surface area contributed by atoms with Crippen LogP contribution in [0, 0.1) is 12.7 Å². The van der Waals surface area contributed by atoms with Crippen LogP contribution in [0.4, 0.5) is 10.1 Å². The SMILES string of the molecule is Cc1ccc(NCC(O)C(=O)O)cc1F. The topological polar surface area (TPSA) is 69.6 Å². The van der Waals surface area contributed by atoms with Gasteiger partial charge >= 0.3 is 5.97 Å². The zero-order valence-corrected chi connectivity index (χ0v) is 8.20. The first kappa shape index (κ1) is 11.5. The van der Waals surface area contributed by atoms with Crippen LogP contribution < -0.4 is 5.32 Å². The monoisotopic (exact) mass is 213 g/mol. The molecule has 0 aliphatic rings. The van der Waals surface area contributed by atoms with Crippen molar-refractivity contribution in [2.24, 2.45) is 0 Å². The van der Waals surface area contributed by atoms with Crippen molar-refractivity contribution in [2.75, 3.05) is 11.9 Å². The third-order valence-electron chi connectivity index (χ3n) is 1.96. The van der Waals surface area contributed by atoms with E-state index in [9.17, 15) is 9.18 Å². The summed E-state index contributed by atoms with van der Waals surface area (Å²) in [6.45, 7) is 1.48. The molecule has 0 amide bonds. The Bertz CT molecular complexity index is 368. The number of halogens is 1. The van der Waals surface area contributed by atoms with Gasteiger partial charge in [0, 0.05) is 5.69 Å². The number of aliphatic carboxylic acids is 1. The maximum atomic E-state index is 13.0. The zero-order valence-electron chi connectivity index (χ0n) is 8.20. The summed E-state index contributed by atoms with van der Waals surface area (Å²) in [5.74, 6) is -1.68. The van der Waals surface area contributed by atoms with Crippen LogP contribution in [0.5, 0.6) is 0 Å². The Morgan fingerprint density at radius 1 is 1.60 bits per heavy atom. The molecule has 82 valence electrons. The highest BCUT2D eigenvalue weighted by Crippen LogP contribution is 2.13. The van der Waals surface area contributed by atoms with Crippen LogP contribution in [0.25, 0.3) is 0 Å². The van der Waals surface area contributed by atoms with E-state index < -0.39 is 12.1 Å². The van der Waals surface area contributed by atoms with Gasteiger partial charge in [-0.15, -0.1) is 0 Å². The van der Waals surface area contributed by atoms with Gasteiger partial charge in [-0.1, -0.05) is 6.07 Å². The molecule has 1 aromatic rings. The van der Waals surface area contributed by atoms with E-state index in [0.717, 1.165) is 0 Å². The third-order valence-corrected chi connectivity index (χ3v) is 1.96. The average Bonchev–Trinajstić information content (AvgIpc) is 2.19. The number of carboxylic acids is 1. The van der Waals surface area contributed by atoms with Gasteiger partial charge in [0.25, 0.3) is 0 Å². The number of rotatable bonds is 4. The van der Waals surface area contributed by atoms with E-state index in [-0.39, 0.29) is 12.4 Å². The number of nitrogens with one attached hydrogen (secondary N) is 1. The van der Waals surface area contributed by atoms with E-state index in [1.165, 1.54) is 6.07 Å². The lowest BCUT2D eigenvalue weighted by atomic mass is 10.2. The summed E-state index contributed by atoms with van der Waals surface area (Å²) in [5.41, 5.74) is 0.956. The van der Waals surface area contributed by atoms with E-state index in [4.69, 9.17) is 10.2 Å². The standard InChI is InChI=1S/C10H12FNO3/c1-6-2-3-7(4-8(6)11)12-5-9(13)10(14)15/h2-4,9,12-13H,5H2,1H3,(H,14,15). The lowest BCUT2D eigenvalue weighted by molar-refractivity contribution is -0.145. The summed E-state index contributed by atoms with van der Waals surface area (Å²) in [7, 11) is 0. The van der Waals surface area contributed by atoms with Crippen molar-refractivity contribution in [2.45, 2.75) is 13.0 Å². The van der Waals surface area contributed by atoms with Crippen molar-refractivity contribution in [3.05, 3.63) is 29.6 Å². The molecule has 1 rings (SSSR count). The van der Waals surface area contributed by atoms with E-state index in [0.29, 0.717) is 11.3 Å². The predicted molar refractivity (Wildman–Crippen MR) is 53.3 cm³/mol. The molecular weight excluding hydrogens is 201 g/mol. The molecule has 0 aliphatic carbocycles. The minimum Gasteiger partial charge on any atom is -0.479 e. The van der Waals surface area contributed by atoms with Gasteiger partial charge in [-0.05, 0) is 24.6 Å². The zero-order chi connectivity index (χ0) is 11.4. The van der Waals surface area contributed by atoms with Gasteiger partial charge in [0.05, 0.1) is 6.54 Å². The molecule has 5 heteroatoms. The Labute approximate surface area is 86.4 Å². The fourth-order valence-electron chi connectivity index (χ4n) is 1.00. The van der Waals surface area contributed by atoms with E-state index >= 15 is 0 Å². The van der Waals surface area contributed by atoms with Crippen molar-refractivity contribution in [1.29, 1.82) is 0 Å². The van der Waals surface area contributed by atoms with Gasteiger partial charge in [0.1, 0.15) is 5.82 Å². The fourth-order valence-corrected chi connectivity index (χ4v) is 1.00. The Morgan fingerprint density at radius 3 is 2.80 bits per heavy atom. The van der Waals surface area contributed by atoms with E-state index in [1.54, 1.807) is 19.1 Å². The number of aryl methyl sites for hydroxylation is 1. The Balaban J connectivity index is 2.58. The number of anilines is 1. The molecule has 15 heavy (non-hydrogen) atoms. The summed E-state index contributed by atoms with van der Waals surface area (Å²) in [6, 6.07) is 4.45. The Morgan fingerprint density at radius 2 is 2.27 bits per heavy atom. The number of benzene rings is 1. The molecule has 0 radical (unpaired) electrons. The first-order chi connectivity index (χ1) is 7.00. The van der Waals surface area contributed by atoms with Crippen molar-refractivity contribution in [3.8, 4) is 0 Å². The lowest BCUT2D eigenvalue weighted by Gasteiger charge is -2.09. The van der Waals surface area contributed by atoms with Crippen molar-refractivity contribution < 1.29 is 19.4 Å². The molecule has 0 saturated heterocycles. The van der Waals surface area contributed by atoms with Gasteiger partial charge in [-0.2, -0.15) is 0 Å².